The van der Waals surface area contributed by atoms with Crippen LogP contribution in [0.2, 0.25) is 0 Å². The van der Waals surface area contributed by atoms with Gasteiger partial charge in [-0.05, 0) is 49.8 Å². The lowest BCUT2D eigenvalue weighted by atomic mass is 9.96. The molecule has 0 aromatic heterocycles. The average Bonchev–Trinajstić information content (AvgIpc) is 2.47. The van der Waals surface area contributed by atoms with E-state index in [-0.39, 0.29) is 5.91 Å². The Bertz CT molecular complexity index is 507. The van der Waals surface area contributed by atoms with Gasteiger partial charge in [0.05, 0.1) is 0 Å². The van der Waals surface area contributed by atoms with Gasteiger partial charge < -0.3 is 10.6 Å². The second kappa shape index (κ2) is 5.47. The zero-order valence-corrected chi connectivity index (χ0v) is 11.1. The molecule has 100 valence electrons. The summed E-state index contributed by atoms with van der Waals surface area (Å²) in [7, 11) is 0. The van der Waals surface area contributed by atoms with E-state index in [9.17, 15) is 4.79 Å². The number of nitrogens with one attached hydrogen (secondary N) is 2. The van der Waals surface area contributed by atoms with E-state index in [1.54, 1.807) is 0 Å². The van der Waals surface area contributed by atoms with Crippen LogP contribution >= 0.6 is 0 Å². The summed E-state index contributed by atoms with van der Waals surface area (Å²) in [5.74, 6) is 0.0841. The third kappa shape index (κ3) is 2.65. The molecule has 0 bridgehead atoms. The van der Waals surface area contributed by atoms with Crippen LogP contribution in [0, 0.1) is 0 Å². The van der Waals surface area contributed by atoms with E-state index < -0.39 is 0 Å². The summed E-state index contributed by atoms with van der Waals surface area (Å²) >= 11 is 0. The van der Waals surface area contributed by atoms with Crippen LogP contribution in [0.25, 0.3) is 0 Å². The maximum atomic E-state index is 12.4. The van der Waals surface area contributed by atoms with E-state index in [0.717, 1.165) is 49.9 Å². The van der Waals surface area contributed by atoms with Gasteiger partial charge >= 0.3 is 0 Å². The first-order chi connectivity index (χ1) is 9.34. The van der Waals surface area contributed by atoms with E-state index in [0.29, 0.717) is 6.04 Å². The SMILES string of the molecule is O=C(NC1CC=CCC1)c1cccc2c1CCCN2. The Morgan fingerprint density at radius 1 is 1.32 bits per heavy atom. The highest BCUT2D eigenvalue weighted by molar-refractivity contribution is 5.97. The molecule has 3 heteroatoms. The topological polar surface area (TPSA) is 41.1 Å². The number of hydrogen-bond donors (Lipinski definition) is 2. The number of rotatable bonds is 2. The van der Waals surface area contributed by atoms with Gasteiger partial charge in [-0.3, -0.25) is 4.79 Å². The molecule has 0 saturated carbocycles. The summed E-state index contributed by atoms with van der Waals surface area (Å²) in [4.78, 5) is 12.4. The van der Waals surface area contributed by atoms with Gasteiger partial charge in [-0.15, -0.1) is 0 Å². The summed E-state index contributed by atoms with van der Waals surface area (Å²) in [6.45, 7) is 1.01. The quantitative estimate of drug-likeness (QED) is 0.799. The van der Waals surface area contributed by atoms with Gasteiger partial charge in [0.15, 0.2) is 0 Å². The number of hydrogen-bond acceptors (Lipinski definition) is 2. The largest absolute Gasteiger partial charge is 0.385 e. The Balaban J connectivity index is 1.77. The van der Waals surface area contributed by atoms with Crippen molar-refractivity contribution in [3.8, 4) is 0 Å². The molecule has 0 radical (unpaired) electrons. The van der Waals surface area contributed by atoms with Crippen molar-refractivity contribution in [1.82, 2.24) is 5.32 Å². The molecule has 1 aliphatic carbocycles. The molecule has 1 unspecified atom stereocenters. The second-order valence-corrected chi connectivity index (χ2v) is 5.32. The molecule has 19 heavy (non-hydrogen) atoms. The maximum Gasteiger partial charge on any atom is 0.251 e. The summed E-state index contributed by atoms with van der Waals surface area (Å²) < 4.78 is 0. The van der Waals surface area contributed by atoms with E-state index in [4.69, 9.17) is 0 Å². The van der Waals surface area contributed by atoms with Crippen LogP contribution in [0.15, 0.2) is 30.4 Å². The molecule has 1 atom stereocenters. The van der Waals surface area contributed by atoms with Gasteiger partial charge in [0.1, 0.15) is 0 Å². The van der Waals surface area contributed by atoms with E-state index in [1.165, 1.54) is 5.56 Å². The van der Waals surface area contributed by atoms with Crippen LogP contribution in [0.5, 0.6) is 0 Å². The van der Waals surface area contributed by atoms with Crippen molar-refractivity contribution in [2.24, 2.45) is 0 Å². The van der Waals surface area contributed by atoms with Crippen LogP contribution in [0.4, 0.5) is 5.69 Å². The molecule has 3 rings (SSSR count). The van der Waals surface area contributed by atoms with Crippen molar-refractivity contribution in [2.45, 2.75) is 38.1 Å². The van der Waals surface area contributed by atoms with Crippen LogP contribution in [0.1, 0.15) is 41.6 Å². The molecule has 2 aliphatic rings. The fourth-order valence-electron chi connectivity index (χ4n) is 2.91. The molecule has 1 aromatic rings. The van der Waals surface area contributed by atoms with Crippen molar-refractivity contribution in [3.05, 3.63) is 41.5 Å². The predicted molar refractivity (Wildman–Crippen MR) is 77.5 cm³/mol. The lowest BCUT2D eigenvalue weighted by molar-refractivity contribution is 0.0933. The van der Waals surface area contributed by atoms with Crippen LogP contribution in [0.3, 0.4) is 0 Å². The van der Waals surface area contributed by atoms with Crippen molar-refractivity contribution >= 4 is 11.6 Å². The number of anilines is 1. The third-order valence-corrected chi connectivity index (χ3v) is 3.94. The molecule has 1 aromatic carbocycles. The van der Waals surface area contributed by atoms with Gasteiger partial charge in [-0.25, -0.2) is 0 Å². The molecule has 0 spiro atoms. The fraction of sp³-hybridized carbons (Fsp3) is 0.438. The summed E-state index contributed by atoms with van der Waals surface area (Å²) in [6, 6.07) is 6.27. The van der Waals surface area contributed by atoms with Crippen LogP contribution in [-0.4, -0.2) is 18.5 Å². The summed E-state index contributed by atoms with van der Waals surface area (Å²) in [5.41, 5.74) is 3.15. The van der Waals surface area contributed by atoms with Crippen LogP contribution < -0.4 is 10.6 Å². The Morgan fingerprint density at radius 2 is 2.26 bits per heavy atom. The monoisotopic (exact) mass is 256 g/mol. The van der Waals surface area contributed by atoms with E-state index in [2.05, 4.69) is 28.9 Å². The van der Waals surface area contributed by atoms with Crippen molar-refractivity contribution < 1.29 is 4.79 Å². The van der Waals surface area contributed by atoms with E-state index >= 15 is 0 Å². The molecule has 1 amide bonds. The first-order valence-electron chi connectivity index (χ1n) is 7.16. The Kier molecular flexibility index (Phi) is 3.53. The minimum atomic E-state index is 0.0841. The predicted octanol–water partition coefficient (Wildman–Crippen LogP) is 2.88. The third-order valence-electron chi connectivity index (χ3n) is 3.94. The lowest BCUT2D eigenvalue weighted by Crippen LogP contribution is -2.36. The van der Waals surface area contributed by atoms with Crippen molar-refractivity contribution in [2.75, 3.05) is 11.9 Å². The fourth-order valence-corrected chi connectivity index (χ4v) is 2.91. The van der Waals surface area contributed by atoms with Crippen LogP contribution in [-0.2, 0) is 6.42 Å². The number of benzene rings is 1. The molecule has 0 fully saturated rings. The molecule has 1 aliphatic heterocycles. The Morgan fingerprint density at radius 3 is 3.11 bits per heavy atom. The molecule has 0 saturated heterocycles. The van der Waals surface area contributed by atoms with Crippen molar-refractivity contribution in [1.29, 1.82) is 0 Å². The molecule has 2 N–H and O–H groups in total. The number of fused-ring (bicyclic) bond motifs is 1. The van der Waals surface area contributed by atoms with Gasteiger partial charge in [0.2, 0.25) is 0 Å². The Labute approximate surface area is 114 Å². The highest BCUT2D eigenvalue weighted by atomic mass is 16.1. The first kappa shape index (κ1) is 12.3. The minimum Gasteiger partial charge on any atom is -0.385 e. The number of allylic oxidation sites excluding steroid dienone is 1. The van der Waals surface area contributed by atoms with Gasteiger partial charge in [0, 0.05) is 23.8 Å². The van der Waals surface area contributed by atoms with Gasteiger partial charge in [0.25, 0.3) is 5.91 Å². The zero-order valence-electron chi connectivity index (χ0n) is 11.1. The van der Waals surface area contributed by atoms with Crippen molar-refractivity contribution in [3.63, 3.8) is 0 Å². The molecular formula is C16H20N2O. The lowest BCUT2D eigenvalue weighted by Gasteiger charge is -2.23. The average molecular weight is 256 g/mol. The second-order valence-electron chi connectivity index (χ2n) is 5.32. The summed E-state index contributed by atoms with van der Waals surface area (Å²) in [6.07, 6.45) is 9.53. The minimum absolute atomic E-state index is 0.0841. The first-order valence-corrected chi connectivity index (χ1v) is 7.16. The maximum absolute atomic E-state index is 12.4. The van der Waals surface area contributed by atoms with Gasteiger partial charge in [-0.2, -0.15) is 0 Å². The molecule has 3 nitrogen and oxygen atoms in total. The molecule has 1 heterocycles. The highest BCUT2D eigenvalue weighted by Gasteiger charge is 2.19. The normalized spacial score (nSPS) is 21.4. The number of carbonyl (C=O) groups is 1. The number of carbonyl (C=O) groups excluding carboxylic acids is 1. The smallest absolute Gasteiger partial charge is 0.251 e. The zero-order chi connectivity index (χ0) is 13.1. The summed E-state index contributed by atoms with van der Waals surface area (Å²) in [5, 5.41) is 6.54. The van der Waals surface area contributed by atoms with E-state index in [1.807, 2.05) is 12.1 Å². The highest BCUT2D eigenvalue weighted by Crippen LogP contribution is 2.25. The van der Waals surface area contributed by atoms with Gasteiger partial charge in [-0.1, -0.05) is 18.2 Å². The molecular weight excluding hydrogens is 236 g/mol. The standard InChI is InChI=1S/C16H20N2O/c19-16(18-12-6-2-1-3-7-12)14-8-4-10-15-13(14)9-5-11-17-15/h1-2,4,8,10,12,17H,3,5-7,9,11H2,(H,18,19). The Hall–Kier alpha value is -1.77. The number of amides is 1.